The smallest absolute Gasteiger partial charge is 0.223 e. The first-order chi connectivity index (χ1) is 12.2. The Bertz CT molecular complexity index is 700. The van der Waals surface area contributed by atoms with Crippen molar-refractivity contribution in [2.45, 2.75) is 25.8 Å². The van der Waals surface area contributed by atoms with Crippen molar-refractivity contribution in [3.05, 3.63) is 71.8 Å². The van der Waals surface area contributed by atoms with E-state index >= 15 is 0 Å². The van der Waals surface area contributed by atoms with Gasteiger partial charge in [-0.1, -0.05) is 60.7 Å². The molecule has 0 spiro atoms. The fraction of sp³-hybridized carbons (Fsp3) is 0.333. The van der Waals surface area contributed by atoms with Crippen LogP contribution in [0.5, 0.6) is 0 Å². The van der Waals surface area contributed by atoms with Crippen molar-refractivity contribution in [2.24, 2.45) is 5.92 Å². The number of nitrogens with zero attached hydrogens (tertiary/aromatic N) is 1. The molecule has 3 rings (SSSR count). The van der Waals surface area contributed by atoms with Crippen LogP contribution < -0.4 is 5.32 Å². The van der Waals surface area contributed by atoms with Crippen LogP contribution in [0.15, 0.2) is 60.7 Å². The molecule has 0 bridgehead atoms. The summed E-state index contributed by atoms with van der Waals surface area (Å²) in [7, 11) is 0. The Morgan fingerprint density at radius 2 is 1.64 bits per heavy atom. The van der Waals surface area contributed by atoms with Crippen molar-refractivity contribution in [2.75, 3.05) is 13.1 Å². The van der Waals surface area contributed by atoms with Gasteiger partial charge in [-0.2, -0.15) is 0 Å². The van der Waals surface area contributed by atoms with Crippen molar-refractivity contribution in [3.8, 4) is 0 Å². The van der Waals surface area contributed by atoms with Crippen molar-refractivity contribution in [1.29, 1.82) is 0 Å². The monoisotopic (exact) mass is 336 g/mol. The first-order valence-electron chi connectivity index (χ1n) is 8.83. The van der Waals surface area contributed by atoms with Crippen molar-refractivity contribution in [1.82, 2.24) is 10.2 Å². The SMILES string of the molecule is O=C(CCc1ccccc1)NCC1CC(=O)N(Cc2ccccc2)C1. The molecule has 2 amide bonds. The van der Waals surface area contributed by atoms with E-state index in [1.54, 1.807) is 0 Å². The third kappa shape index (κ3) is 5.18. The number of benzene rings is 2. The van der Waals surface area contributed by atoms with Crippen LogP contribution in [0.2, 0.25) is 0 Å². The summed E-state index contributed by atoms with van der Waals surface area (Å²) in [5.74, 6) is 0.432. The number of nitrogens with one attached hydrogen (secondary N) is 1. The highest BCUT2D eigenvalue weighted by molar-refractivity contribution is 5.79. The van der Waals surface area contributed by atoms with Crippen LogP contribution >= 0.6 is 0 Å². The third-order valence-electron chi connectivity index (χ3n) is 4.58. The molecule has 1 atom stereocenters. The second-order valence-corrected chi connectivity index (χ2v) is 6.62. The van der Waals surface area contributed by atoms with Gasteiger partial charge in [0.2, 0.25) is 11.8 Å². The van der Waals surface area contributed by atoms with Crippen LogP contribution in [0.3, 0.4) is 0 Å². The highest BCUT2D eigenvalue weighted by atomic mass is 16.2. The standard InChI is InChI=1S/C21H24N2O2/c24-20(12-11-17-7-3-1-4-8-17)22-14-19-13-21(25)23(16-19)15-18-9-5-2-6-10-18/h1-10,19H,11-16H2,(H,22,24). The van der Waals surface area contributed by atoms with E-state index in [0.717, 1.165) is 12.0 Å². The fourth-order valence-electron chi connectivity index (χ4n) is 3.20. The Hall–Kier alpha value is -2.62. The summed E-state index contributed by atoms with van der Waals surface area (Å²) < 4.78 is 0. The lowest BCUT2D eigenvalue weighted by Crippen LogP contribution is -2.31. The lowest BCUT2D eigenvalue weighted by Gasteiger charge is -2.17. The number of carbonyl (C=O) groups excluding carboxylic acids is 2. The van der Waals surface area contributed by atoms with E-state index < -0.39 is 0 Å². The van der Waals surface area contributed by atoms with Gasteiger partial charge in [0.05, 0.1) is 0 Å². The van der Waals surface area contributed by atoms with Gasteiger partial charge < -0.3 is 10.2 Å². The maximum atomic E-state index is 12.2. The van der Waals surface area contributed by atoms with E-state index in [4.69, 9.17) is 0 Å². The van der Waals surface area contributed by atoms with E-state index in [2.05, 4.69) is 5.32 Å². The van der Waals surface area contributed by atoms with Crippen LogP contribution in [-0.4, -0.2) is 29.8 Å². The second kappa shape index (κ2) is 8.47. The van der Waals surface area contributed by atoms with Crippen molar-refractivity contribution >= 4 is 11.8 Å². The van der Waals surface area contributed by atoms with Gasteiger partial charge in [-0.05, 0) is 17.5 Å². The number of carbonyl (C=O) groups is 2. The summed E-state index contributed by atoms with van der Waals surface area (Å²) in [6, 6.07) is 20.0. The molecule has 1 aliphatic rings. The second-order valence-electron chi connectivity index (χ2n) is 6.62. The van der Waals surface area contributed by atoms with Crippen LogP contribution in [0, 0.1) is 5.92 Å². The minimum atomic E-state index is 0.0535. The predicted octanol–water partition coefficient (Wildman–Crippen LogP) is 2.78. The van der Waals surface area contributed by atoms with Gasteiger partial charge in [0.25, 0.3) is 0 Å². The zero-order chi connectivity index (χ0) is 17.5. The molecule has 2 aromatic rings. The first-order valence-corrected chi connectivity index (χ1v) is 8.83. The molecule has 4 nitrogen and oxygen atoms in total. The lowest BCUT2D eigenvalue weighted by atomic mass is 10.1. The molecular formula is C21H24N2O2. The van der Waals surface area contributed by atoms with Gasteiger partial charge in [-0.3, -0.25) is 9.59 Å². The van der Waals surface area contributed by atoms with Gasteiger partial charge >= 0.3 is 0 Å². The molecule has 1 N–H and O–H groups in total. The maximum absolute atomic E-state index is 12.2. The number of amides is 2. The van der Waals surface area contributed by atoms with Gasteiger partial charge in [0, 0.05) is 38.4 Å². The van der Waals surface area contributed by atoms with Gasteiger partial charge in [0.15, 0.2) is 0 Å². The number of hydrogen-bond donors (Lipinski definition) is 1. The summed E-state index contributed by atoms with van der Waals surface area (Å²) in [5.41, 5.74) is 2.31. The van der Waals surface area contributed by atoms with Crippen LogP contribution in [0.1, 0.15) is 24.0 Å². The molecule has 0 aliphatic carbocycles. The summed E-state index contributed by atoms with van der Waals surface area (Å²) in [6.07, 6.45) is 1.75. The first kappa shape index (κ1) is 17.2. The average Bonchev–Trinajstić information content (AvgIpc) is 2.99. The molecule has 25 heavy (non-hydrogen) atoms. The van der Waals surface area contributed by atoms with E-state index in [1.165, 1.54) is 5.56 Å². The molecule has 130 valence electrons. The van der Waals surface area contributed by atoms with E-state index in [1.807, 2.05) is 65.6 Å². The number of likely N-dealkylation sites (tertiary alicyclic amines) is 1. The summed E-state index contributed by atoms with van der Waals surface area (Å²) in [5, 5.41) is 2.98. The molecule has 2 aromatic carbocycles. The molecule has 0 saturated carbocycles. The van der Waals surface area contributed by atoms with E-state index in [9.17, 15) is 9.59 Å². The molecule has 1 unspecified atom stereocenters. The van der Waals surface area contributed by atoms with Gasteiger partial charge in [-0.25, -0.2) is 0 Å². The molecule has 0 radical (unpaired) electrons. The van der Waals surface area contributed by atoms with Crippen LogP contribution in [0.25, 0.3) is 0 Å². The zero-order valence-electron chi connectivity index (χ0n) is 14.4. The Morgan fingerprint density at radius 1 is 1.00 bits per heavy atom. The number of rotatable bonds is 7. The topological polar surface area (TPSA) is 49.4 Å². The van der Waals surface area contributed by atoms with Crippen molar-refractivity contribution < 1.29 is 9.59 Å². The van der Waals surface area contributed by atoms with Gasteiger partial charge in [-0.15, -0.1) is 0 Å². The lowest BCUT2D eigenvalue weighted by molar-refractivity contribution is -0.128. The minimum Gasteiger partial charge on any atom is -0.356 e. The highest BCUT2D eigenvalue weighted by Gasteiger charge is 2.29. The maximum Gasteiger partial charge on any atom is 0.223 e. The molecule has 1 fully saturated rings. The van der Waals surface area contributed by atoms with E-state index in [0.29, 0.717) is 32.5 Å². The highest BCUT2D eigenvalue weighted by Crippen LogP contribution is 2.19. The average molecular weight is 336 g/mol. The molecule has 1 aliphatic heterocycles. The normalized spacial score (nSPS) is 16.9. The molecular weight excluding hydrogens is 312 g/mol. The summed E-state index contributed by atoms with van der Waals surface area (Å²) >= 11 is 0. The van der Waals surface area contributed by atoms with Gasteiger partial charge in [0.1, 0.15) is 0 Å². The molecule has 1 saturated heterocycles. The van der Waals surface area contributed by atoms with Crippen LogP contribution in [0.4, 0.5) is 0 Å². The van der Waals surface area contributed by atoms with E-state index in [-0.39, 0.29) is 17.7 Å². The quantitative estimate of drug-likeness (QED) is 0.845. The Morgan fingerprint density at radius 3 is 2.32 bits per heavy atom. The summed E-state index contributed by atoms with van der Waals surface area (Å²) in [6.45, 7) is 1.94. The number of aryl methyl sites for hydroxylation is 1. The van der Waals surface area contributed by atoms with Crippen LogP contribution in [-0.2, 0) is 22.6 Å². The predicted molar refractivity (Wildman–Crippen MR) is 97.7 cm³/mol. The Kier molecular flexibility index (Phi) is 5.83. The number of hydrogen-bond acceptors (Lipinski definition) is 2. The third-order valence-corrected chi connectivity index (χ3v) is 4.58. The fourth-order valence-corrected chi connectivity index (χ4v) is 3.20. The Labute approximate surface area is 148 Å². The Balaban J connectivity index is 1.40. The molecule has 4 heteroatoms. The minimum absolute atomic E-state index is 0.0535. The molecule has 1 heterocycles. The summed E-state index contributed by atoms with van der Waals surface area (Å²) in [4.78, 5) is 26.1. The van der Waals surface area contributed by atoms with Crippen molar-refractivity contribution in [3.63, 3.8) is 0 Å². The zero-order valence-corrected chi connectivity index (χ0v) is 14.4. The molecule has 0 aromatic heterocycles. The largest absolute Gasteiger partial charge is 0.356 e.